The maximum absolute atomic E-state index is 12.3. The summed E-state index contributed by atoms with van der Waals surface area (Å²) < 4.78 is 10.9. The SMILES string of the molecule is CC(C[C@H]1CCCOC1)N(C(=O)OC(C)(C)C)[C@@H](C)N. The zero-order chi connectivity index (χ0) is 15.3. The number of rotatable bonds is 4. The first-order chi connectivity index (χ1) is 9.20. The van der Waals surface area contributed by atoms with E-state index in [1.807, 2.05) is 34.6 Å². The Morgan fingerprint density at radius 1 is 1.45 bits per heavy atom. The molecule has 0 bridgehead atoms. The van der Waals surface area contributed by atoms with Crippen LogP contribution in [0.3, 0.4) is 0 Å². The van der Waals surface area contributed by atoms with Crippen molar-refractivity contribution in [2.45, 2.75) is 71.7 Å². The Morgan fingerprint density at radius 2 is 2.10 bits per heavy atom. The van der Waals surface area contributed by atoms with E-state index in [1.165, 1.54) is 0 Å². The fraction of sp³-hybridized carbons (Fsp3) is 0.933. The van der Waals surface area contributed by atoms with Gasteiger partial charge in [0.2, 0.25) is 0 Å². The first kappa shape index (κ1) is 17.2. The molecule has 1 aliphatic rings. The maximum atomic E-state index is 12.3. The van der Waals surface area contributed by atoms with Crippen molar-refractivity contribution in [3.63, 3.8) is 0 Å². The van der Waals surface area contributed by atoms with E-state index in [2.05, 4.69) is 0 Å². The molecule has 1 fully saturated rings. The molecule has 0 aromatic carbocycles. The van der Waals surface area contributed by atoms with Crippen LogP contribution in [-0.4, -0.2) is 42.0 Å². The largest absolute Gasteiger partial charge is 0.444 e. The minimum Gasteiger partial charge on any atom is -0.444 e. The van der Waals surface area contributed by atoms with Crippen LogP contribution in [0.5, 0.6) is 0 Å². The van der Waals surface area contributed by atoms with Gasteiger partial charge in [-0.25, -0.2) is 4.79 Å². The molecule has 20 heavy (non-hydrogen) atoms. The van der Waals surface area contributed by atoms with Crippen LogP contribution >= 0.6 is 0 Å². The van der Waals surface area contributed by atoms with E-state index in [4.69, 9.17) is 15.2 Å². The van der Waals surface area contributed by atoms with Crippen LogP contribution in [0.15, 0.2) is 0 Å². The van der Waals surface area contributed by atoms with Gasteiger partial charge < -0.3 is 15.2 Å². The van der Waals surface area contributed by atoms with E-state index < -0.39 is 5.60 Å². The van der Waals surface area contributed by atoms with E-state index in [0.717, 1.165) is 32.5 Å². The summed E-state index contributed by atoms with van der Waals surface area (Å²) in [5.74, 6) is 0.502. The fourth-order valence-corrected chi connectivity index (χ4v) is 2.65. The second kappa shape index (κ2) is 7.27. The Balaban J connectivity index is 2.61. The monoisotopic (exact) mass is 286 g/mol. The summed E-state index contributed by atoms with van der Waals surface area (Å²) in [7, 11) is 0. The van der Waals surface area contributed by atoms with Crippen LogP contribution in [0.2, 0.25) is 0 Å². The topological polar surface area (TPSA) is 64.8 Å². The summed E-state index contributed by atoms with van der Waals surface area (Å²) in [6, 6.07) is 0.0524. The highest BCUT2D eigenvalue weighted by Gasteiger charge is 2.30. The minimum atomic E-state index is -0.502. The normalized spacial score (nSPS) is 23.0. The Bertz CT molecular complexity index is 307. The van der Waals surface area contributed by atoms with Gasteiger partial charge in [0, 0.05) is 19.3 Å². The van der Waals surface area contributed by atoms with Crippen molar-refractivity contribution in [1.29, 1.82) is 0 Å². The predicted molar refractivity (Wildman–Crippen MR) is 79.3 cm³/mol. The molecule has 0 spiro atoms. The van der Waals surface area contributed by atoms with Gasteiger partial charge in [0.25, 0.3) is 0 Å². The lowest BCUT2D eigenvalue weighted by molar-refractivity contribution is -0.000982. The molecule has 0 aromatic rings. The van der Waals surface area contributed by atoms with Gasteiger partial charge in [-0.1, -0.05) is 0 Å². The number of nitrogens with two attached hydrogens (primary N) is 1. The van der Waals surface area contributed by atoms with Crippen molar-refractivity contribution in [2.75, 3.05) is 13.2 Å². The number of nitrogens with zero attached hydrogens (tertiary/aromatic N) is 1. The van der Waals surface area contributed by atoms with Crippen molar-refractivity contribution in [1.82, 2.24) is 4.90 Å². The number of carbonyl (C=O) groups excluding carboxylic acids is 1. The van der Waals surface area contributed by atoms with Crippen LogP contribution in [0.1, 0.15) is 53.9 Å². The lowest BCUT2D eigenvalue weighted by atomic mass is 9.94. The molecule has 0 radical (unpaired) electrons. The molecule has 118 valence electrons. The van der Waals surface area contributed by atoms with E-state index in [1.54, 1.807) is 4.90 Å². The van der Waals surface area contributed by atoms with Gasteiger partial charge in [0.15, 0.2) is 0 Å². The second-order valence-corrected chi connectivity index (χ2v) is 6.80. The summed E-state index contributed by atoms with van der Waals surface area (Å²) in [4.78, 5) is 13.9. The van der Waals surface area contributed by atoms with Crippen LogP contribution in [0.25, 0.3) is 0 Å². The Hall–Kier alpha value is -0.810. The van der Waals surface area contributed by atoms with Crippen molar-refractivity contribution < 1.29 is 14.3 Å². The van der Waals surface area contributed by atoms with E-state index in [-0.39, 0.29) is 18.3 Å². The van der Waals surface area contributed by atoms with Crippen LogP contribution < -0.4 is 5.73 Å². The molecule has 5 heteroatoms. The average Bonchev–Trinajstić information content (AvgIpc) is 2.26. The summed E-state index contributed by atoms with van der Waals surface area (Å²) >= 11 is 0. The van der Waals surface area contributed by atoms with Crippen LogP contribution in [0.4, 0.5) is 4.79 Å². The minimum absolute atomic E-state index is 0.0524. The van der Waals surface area contributed by atoms with Gasteiger partial charge in [-0.05, 0) is 59.8 Å². The number of hydrogen-bond acceptors (Lipinski definition) is 4. The maximum Gasteiger partial charge on any atom is 0.411 e. The molecule has 0 saturated carbocycles. The first-order valence-electron chi connectivity index (χ1n) is 7.55. The molecule has 0 aliphatic carbocycles. The van der Waals surface area contributed by atoms with E-state index in [0.29, 0.717) is 5.92 Å². The summed E-state index contributed by atoms with van der Waals surface area (Å²) in [6.45, 7) is 11.1. The highest BCUT2D eigenvalue weighted by Crippen LogP contribution is 2.23. The molecule has 5 nitrogen and oxygen atoms in total. The second-order valence-electron chi connectivity index (χ2n) is 6.80. The molecule has 0 aromatic heterocycles. The van der Waals surface area contributed by atoms with Gasteiger partial charge in [0.1, 0.15) is 5.60 Å². The Morgan fingerprint density at radius 3 is 2.55 bits per heavy atom. The van der Waals surface area contributed by atoms with Gasteiger partial charge >= 0.3 is 6.09 Å². The molecule has 1 saturated heterocycles. The molecule has 1 aliphatic heterocycles. The summed E-state index contributed by atoms with van der Waals surface area (Å²) in [5, 5.41) is 0. The molecule has 1 amide bonds. The zero-order valence-corrected chi connectivity index (χ0v) is 13.5. The molecule has 1 heterocycles. The lowest BCUT2D eigenvalue weighted by Crippen LogP contribution is -2.51. The molecular formula is C15H30N2O3. The van der Waals surface area contributed by atoms with Crippen molar-refractivity contribution in [2.24, 2.45) is 11.7 Å². The highest BCUT2D eigenvalue weighted by atomic mass is 16.6. The number of carbonyl (C=O) groups is 1. The Kier molecular flexibility index (Phi) is 6.27. The average molecular weight is 286 g/mol. The molecule has 1 unspecified atom stereocenters. The fourth-order valence-electron chi connectivity index (χ4n) is 2.65. The number of amides is 1. The smallest absolute Gasteiger partial charge is 0.411 e. The third kappa shape index (κ3) is 5.67. The van der Waals surface area contributed by atoms with Gasteiger partial charge in [-0.3, -0.25) is 4.90 Å². The number of ether oxygens (including phenoxy) is 2. The summed E-state index contributed by atoms with van der Waals surface area (Å²) in [5.41, 5.74) is 5.45. The van der Waals surface area contributed by atoms with Crippen molar-refractivity contribution >= 4 is 6.09 Å². The predicted octanol–water partition coefficient (Wildman–Crippen LogP) is 2.73. The van der Waals surface area contributed by atoms with Gasteiger partial charge in [-0.2, -0.15) is 0 Å². The standard InChI is InChI=1S/C15H30N2O3/c1-11(9-13-7-6-8-19-10-13)17(12(2)16)14(18)20-15(3,4)5/h11-13H,6-10,16H2,1-5H3/t11?,12-,13+/m0/s1. The quantitative estimate of drug-likeness (QED) is 0.807. The summed E-state index contributed by atoms with van der Waals surface area (Å²) in [6.07, 6.45) is 2.47. The van der Waals surface area contributed by atoms with Crippen molar-refractivity contribution in [3.8, 4) is 0 Å². The molecule has 2 N–H and O–H groups in total. The Labute approximate surface area is 122 Å². The van der Waals surface area contributed by atoms with Crippen LogP contribution in [0, 0.1) is 5.92 Å². The molecular weight excluding hydrogens is 256 g/mol. The third-order valence-electron chi connectivity index (χ3n) is 3.45. The van der Waals surface area contributed by atoms with E-state index >= 15 is 0 Å². The van der Waals surface area contributed by atoms with Gasteiger partial charge in [0.05, 0.1) is 6.17 Å². The lowest BCUT2D eigenvalue weighted by Gasteiger charge is -2.36. The third-order valence-corrected chi connectivity index (χ3v) is 3.45. The number of hydrogen-bond donors (Lipinski definition) is 1. The zero-order valence-electron chi connectivity index (χ0n) is 13.5. The first-order valence-corrected chi connectivity index (χ1v) is 7.55. The van der Waals surface area contributed by atoms with E-state index in [9.17, 15) is 4.79 Å². The van der Waals surface area contributed by atoms with Crippen LogP contribution in [-0.2, 0) is 9.47 Å². The highest BCUT2D eigenvalue weighted by molar-refractivity contribution is 5.68. The molecule has 3 atom stereocenters. The van der Waals surface area contributed by atoms with Gasteiger partial charge in [-0.15, -0.1) is 0 Å². The van der Waals surface area contributed by atoms with Crippen molar-refractivity contribution in [3.05, 3.63) is 0 Å². The molecule has 1 rings (SSSR count).